The Labute approximate surface area is 94.0 Å². The maximum atomic E-state index is 11.7. The number of ketones is 1. The summed E-state index contributed by atoms with van der Waals surface area (Å²) >= 11 is 0. The molecule has 4 atom stereocenters. The van der Waals surface area contributed by atoms with E-state index in [4.69, 9.17) is 18.9 Å². The highest BCUT2D eigenvalue weighted by atomic mass is 16.8. The maximum Gasteiger partial charge on any atom is 0.187 e. The predicted molar refractivity (Wildman–Crippen MR) is 52.7 cm³/mol. The van der Waals surface area contributed by atoms with Crippen molar-refractivity contribution in [3.8, 4) is 0 Å². The molecule has 2 saturated heterocycles. The molecule has 1 saturated carbocycles. The van der Waals surface area contributed by atoms with Crippen LogP contribution in [0.25, 0.3) is 0 Å². The zero-order chi connectivity index (χ0) is 11.6. The summed E-state index contributed by atoms with van der Waals surface area (Å²) in [5.74, 6) is -0.584. The molecule has 3 aliphatic rings. The van der Waals surface area contributed by atoms with Crippen molar-refractivity contribution >= 4 is 5.78 Å². The largest absolute Gasteiger partial charge is 0.353 e. The summed E-state index contributed by atoms with van der Waals surface area (Å²) in [6.45, 7) is 3.71. The molecule has 90 valence electrons. The van der Waals surface area contributed by atoms with Gasteiger partial charge in [0.05, 0.1) is 0 Å². The third-order valence-electron chi connectivity index (χ3n) is 3.58. The fraction of sp³-hybridized carbons (Fsp3) is 0.909. The molecule has 0 amide bonds. The zero-order valence-corrected chi connectivity index (χ0v) is 9.69. The van der Waals surface area contributed by atoms with Crippen LogP contribution >= 0.6 is 0 Å². The Morgan fingerprint density at radius 3 is 2.88 bits per heavy atom. The van der Waals surface area contributed by atoms with Gasteiger partial charge < -0.3 is 18.9 Å². The summed E-state index contributed by atoms with van der Waals surface area (Å²) in [5, 5.41) is 0. The second kappa shape index (κ2) is 3.04. The first-order valence-corrected chi connectivity index (χ1v) is 5.57. The van der Waals surface area contributed by atoms with Crippen molar-refractivity contribution in [2.24, 2.45) is 0 Å². The minimum Gasteiger partial charge on any atom is -0.353 e. The molecule has 16 heavy (non-hydrogen) atoms. The lowest BCUT2D eigenvalue weighted by Gasteiger charge is -2.25. The smallest absolute Gasteiger partial charge is 0.187 e. The summed E-state index contributed by atoms with van der Waals surface area (Å²) in [7, 11) is 1.55. The normalized spacial score (nSPS) is 49.4. The highest BCUT2D eigenvalue weighted by Gasteiger charge is 2.70. The van der Waals surface area contributed by atoms with E-state index < -0.39 is 23.8 Å². The van der Waals surface area contributed by atoms with Crippen molar-refractivity contribution in [3.63, 3.8) is 0 Å². The quantitative estimate of drug-likeness (QED) is 0.658. The molecule has 0 aromatic carbocycles. The van der Waals surface area contributed by atoms with Crippen LogP contribution in [-0.4, -0.2) is 42.8 Å². The van der Waals surface area contributed by atoms with Gasteiger partial charge in [0.1, 0.15) is 11.7 Å². The van der Waals surface area contributed by atoms with Crippen LogP contribution in [0.3, 0.4) is 0 Å². The zero-order valence-electron chi connectivity index (χ0n) is 9.69. The maximum absolute atomic E-state index is 11.7. The Morgan fingerprint density at radius 2 is 2.19 bits per heavy atom. The number of methoxy groups -OCH3 is 1. The van der Waals surface area contributed by atoms with Gasteiger partial charge in [-0.25, -0.2) is 0 Å². The van der Waals surface area contributed by atoms with Gasteiger partial charge in [-0.1, -0.05) is 0 Å². The molecule has 3 rings (SSSR count). The Balaban J connectivity index is 1.99. The van der Waals surface area contributed by atoms with E-state index in [1.807, 2.05) is 13.8 Å². The van der Waals surface area contributed by atoms with Gasteiger partial charge in [0.15, 0.2) is 24.0 Å². The number of rotatable bonds is 1. The van der Waals surface area contributed by atoms with E-state index in [9.17, 15) is 4.79 Å². The van der Waals surface area contributed by atoms with E-state index in [0.717, 1.165) is 0 Å². The monoisotopic (exact) mass is 228 g/mol. The SMILES string of the molecule is COC1O[C@@H]2C(=O)CC[C@@]23OC(C)(C)OC13. The van der Waals surface area contributed by atoms with E-state index in [-0.39, 0.29) is 11.9 Å². The van der Waals surface area contributed by atoms with Crippen LogP contribution in [0.15, 0.2) is 0 Å². The van der Waals surface area contributed by atoms with Crippen LogP contribution in [0.4, 0.5) is 0 Å². The first-order chi connectivity index (χ1) is 7.48. The molecule has 1 aliphatic carbocycles. The highest BCUT2D eigenvalue weighted by molar-refractivity contribution is 5.88. The van der Waals surface area contributed by atoms with Crippen molar-refractivity contribution in [1.29, 1.82) is 0 Å². The minimum atomic E-state index is -0.673. The Hall–Kier alpha value is -0.490. The molecule has 3 fully saturated rings. The molecule has 2 aliphatic heterocycles. The number of ether oxygens (including phenoxy) is 4. The van der Waals surface area contributed by atoms with Crippen LogP contribution < -0.4 is 0 Å². The fourth-order valence-electron chi connectivity index (χ4n) is 3.06. The van der Waals surface area contributed by atoms with E-state index in [1.165, 1.54) is 0 Å². The molecule has 2 heterocycles. The molecule has 0 radical (unpaired) electrons. The van der Waals surface area contributed by atoms with Gasteiger partial charge >= 0.3 is 0 Å². The lowest BCUT2D eigenvalue weighted by atomic mass is 9.95. The van der Waals surface area contributed by atoms with Crippen molar-refractivity contribution in [2.45, 2.75) is 56.6 Å². The number of Topliss-reactive ketones (excluding diaryl/α,β-unsaturated/α-hetero) is 1. The van der Waals surface area contributed by atoms with Crippen LogP contribution in [0.1, 0.15) is 26.7 Å². The average Bonchev–Trinajstić information content (AvgIpc) is 2.73. The molecule has 2 unspecified atom stereocenters. The Kier molecular flexibility index (Phi) is 2.02. The minimum absolute atomic E-state index is 0.0888. The van der Waals surface area contributed by atoms with Gasteiger partial charge in [-0.15, -0.1) is 0 Å². The average molecular weight is 228 g/mol. The molecular formula is C11H16O5. The third kappa shape index (κ3) is 1.17. The van der Waals surface area contributed by atoms with Crippen LogP contribution in [-0.2, 0) is 23.7 Å². The van der Waals surface area contributed by atoms with Gasteiger partial charge in [0, 0.05) is 13.5 Å². The molecule has 5 nitrogen and oxygen atoms in total. The van der Waals surface area contributed by atoms with Gasteiger partial charge in [-0.3, -0.25) is 4.79 Å². The summed E-state index contributed by atoms with van der Waals surface area (Å²) in [6, 6.07) is 0. The van der Waals surface area contributed by atoms with Crippen molar-refractivity contribution in [1.82, 2.24) is 0 Å². The molecular weight excluding hydrogens is 212 g/mol. The molecule has 0 bridgehead atoms. The molecule has 0 aromatic rings. The second-order valence-electron chi connectivity index (χ2n) is 5.08. The molecule has 0 aromatic heterocycles. The van der Waals surface area contributed by atoms with Crippen LogP contribution in [0, 0.1) is 0 Å². The van der Waals surface area contributed by atoms with Gasteiger partial charge in [0.2, 0.25) is 0 Å². The Bertz CT molecular complexity index is 339. The first kappa shape index (κ1) is 10.7. The number of hydrogen-bond acceptors (Lipinski definition) is 5. The van der Waals surface area contributed by atoms with Crippen LogP contribution in [0.5, 0.6) is 0 Å². The highest BCUT2D eigenvalue weighted by Crippen LogP contribution is 2.52. The van der Waals surface area contributed by atoms with E-state index in [2.05, 4.69) is 0 Å². The number of hydrogen-bond donors (Lipinski definition) is 0. The van der Waals surface area contributed by atoms with E-state index >= 15 is 0 Å². The third-order valence-corrected chi connectivity index (χ3v) is 3.58. The summed E-state index contributed by atoms with van der Waals surface area (Å²) in [4.78, 5) is 11.7. The fourth-order valence-corrected chi connectivity index (χ4v) is 3.06. The second-order valence-corrected chi connectivity index (χ2v) is 5.08. The summed E-state index contributed by atoms with van der Waals surface area (Å²) in [6.07, 6.45) is -0.175. The predicted octanol–water partition coefficient (Wildman–Crippen LogP) is 0.611. The Morgan fingerprint density at radius 1 is 1.44 bits per heavy atom. The number of carbonyl (C=O) groups excluding carboxylic acids is 1. The van der Waals surface area contributed by atoms with Gasteiger partial charge in [-0.05, 0) is 20.3 Å². The molecule has 0 N–H and O–H groups in total. The first-order valence-electron chi connectivity index (χ1n) is 5.57. The summed E-state index contributed by atoms with van der Waals surface area (Å²) < 4.78 is 22.5. The number of carbonyl (C=O) groups is 1. The van der Waals surface area contributed by atoms with Crippen molar-refractivity contribution in [2.75, 3.05) is 7.11 Å². The topological polar surface area (TPSA) is 54.0 Å². The van der Waals surface area contributed by atoms with Crippen molar-refractivity contribution < 1.29 is 23.7 Å². The lowest BCUT2D eigenvalue weighted by molar-refractivity contribution is -0.230. The van der Waals surface area contributed by atoms with Gasteiger partial charge in [-0.2, -0.15) is 0 Å². The van der Waals surface area contributed by atoms with Crippen molar-refractivity contribution in [3.05, 3.63) is 0 Å². The molecule has 1 spiro atoms. The lowest BCUT2D eigenvalue weighted by Crippen LogP contribution is -2.44. The van der Waals surface area contributed by atoms with E-state index in [0.29, 0.717) is 12.8 Å². The van der Waals surface area contributed by atoms with Crippen LogP contribution in [0.2, 0.25) is 0 Å². The standard InChI is InChI=1S/C11H16O5/c1-10(2)15-8-9(13-3)14-7-6(12)4-5-11(7,8)16-10/h7-9H,4-5H2,1-3H3/t7-,8?,9?,11-/m1/s1. The summed E-state index contributed by atoms with van der Waals surface area (Å²) in [5.41, 5.74) is -0.624. The van der Waals surface area contributed by atoms with Gasteiger partial charge in [0.25, 0.3) is 0 Å². The molecule has 5 heteroatoms. The van der Waals surface area contributed by atoms with E-state index in [1.54, 1.807) is 7.11 Å².